The van der Waals surface area contributed by atoms with E-state index in [1.807, 2.05) is 0 Å². The molecule has 27 heavy (non-hydrogen) atoms. The van der Waals surface area contributed by atoms with E-state index in [1.54, 1.807) is 13.0 Å². The van der Waals surface area contributed by atoms with Gasteiger partial charge in [-0.1, -0.05) is 13.0 Å². The van der Waals surface area contributed by atoms with Crippen molar-refractivity contribution in [2.75, 3.05) is 11.9 Å². The summed E-state index contributed by atoms with van der Waals surface area (Å²) in [4.78, 5) is 23.9. The first-order chi connectivity index (χ1) is 12.9. The van der Waals surface area contributed by atoms with Gasteiger partial charge in [0.05, 0.1) is 16.1 Å². The number of nitriles is 1. The first kappa shape index (κ1) is 18.9. The molecule has 1 aromatic heterocycles. The summed E-state index contributed by atoms with van der Waals surface area (Å²) >= 11 is 1.45. The van der Waals surface area contributed by atoms with Gasteiger partial charge in [0.1, 0.15) is 16.8 Å². The van der Waals surface area contributed by atoms with Gasteiger partial charge < -0.3 is 10.1 Å². The molecule has 0 saturated carbocycles. The maximum Gasteiger partial charge on any atom is 0.276 e. The number of carbonyl (C=O) groups excluding carboxylic acids is 1. The molecule has 1 atom stereocenters. The van der Waals surface area contributed by atoms with Crippen molar-refractivity contribution in [3.63, 3.8) is 0 Å². The standard InChI is InChI=1S/C19H19N3O4S/c1-11-6-7-13-14(9-20)19(27-17(13)8-11)21-18(23)10-26-16-5-3-4-15(12(16)2)22(24)25/h3-5,11H,6-8,10H2,1-2H3,(H,21,23). The quantitative estimate of drug-likeness (QED) is 0.619. The van der Waals surface area contributed by atoms with E-state index in [1.165, 1.54) is 23.5 Å². The number of nitrogens with zero attached hydrogens (tertiary/aromatic N) is 2. The molecule has 1 amide bonds. The number of nitro groups is 1. The van der Waals surface area contributed by atoms with Crippen LogP contribution in [0.4, 0.5) is 10.7 Å². The average Bonchev–Trinajstić information content (AvgIpc) is 2.96. The fourth-order valence-corrected chi connectivity index (χ4v) is 4.60. The first-order valence-electron chi connectivity index (χ1n) is 8.62. The highest BCUT2D eigenvalue weighted by atomic mass is 32.1. The van der Waals surface area contributed by atoms with Gasteiger partial charge in [0, 0.05) is 10.9 Å². The Morgan fingerprint density at radius 3 is 3.00 bits per heavy atom. The second kappa shape index (κ2) is 7.76. The van der Waals surface area contributed by atoms with Crippen LogP contribution in [0.1, 0.15) is 34.9 Å². The first-order valence-corrected chi connectivity index (χ1v) is 9.43. The second-order valence-electron chi connectivity index (χ2n) is 6.66. The summed E-state index contributed by atoms with van der Waals surface area (Å²) in [6, 6.07) is 6.69. The van der Waals surface area contributed by atoms with Crippen molar-refractivity contribution < 1.29 is 14.5 Å². The molecular weight excluding hydrogens is 366 g/mol. The predicted octanol–water partition coefficient (Wildman–Crippen LogP) is 3.98. The number of nitrogens with one attached hydrogen (secondary N) is 1. The Labute approximate surface area is 160 Å². The Kier molecular flexibility index (Phi) is 5.42. The van der Waals surface area contributed by atoms with Gasteiger partial charge in [-0.15, -0.1) is 11.3 Å². The summed E-state index contributed by atoms with van der Waals surface area (Å²) < 4.78 is 5.46. The molecule has 1 aromatic carbocycles. The van der Waals surface area contributed by atoms with E-state index in [0.717, 1.165) is 29.7 Å². The van der Waals surface area contributed by atoms with Crippen molar-refractivity contribution in [1.82, 2.24) is 0 Å². The van der Waals surface area contributed by atoms with Gasteiger partial charge in [-0.05, 0) is 43.7 Å². The Morgan fingerprint density at radius 1 is 1.52 bits per heavy atom. The fraction of sp³-hybridized carbons (Fsp3) is 0.368. The second-order valence-corrected chi connectivity index (χ2v) is 7.77. The molecule has 1 unspecified atom stereocenters. The molecule has 1 aliphatic carbocycles. The van der Waals surface area contributed by atoms with Gasteiger partial charge in [-0.25, -0.2) is 0 Å². The fourth-order valence-electron chi connectivity index (χ4n) is 3.22. The summed E-state index contributed by atoms with van der Waals surface area (Å²) in [5, 5.41) is 23.8. The van der Waals surface area contributed by atoms with Gasteiger partial charge in [0.15, 0.2) is 6.61 Å². The maximum atomic E-state index is 12.3. The number of benzene rings is 1. The van der Waals surface area contributed by atoms with Crippen LogP contribution in [0.5, 0.6) is 5.75 Å². The lowest BCUT2D eigenvalue weighted by Crippen LogP contribution is -2.20. The minimum absolute atomic E-state index is 0.0558. The summed E-state index contributed by atoms with van der Waals surface area (Å²) in [5.74, 6) is 0.467. The molecule has 0 aliphatic heterocycles. The van der Waals surface area contributed by atoms with Crippen LogP contribution >= 0.6 is 11.3 Å². The summed E-state index contributed by atoms with van der Waals surface area (Å²) in [6.45, 7) is 3.47. The molecule has 0 saturated heterocycles. The van der Waals surface area contributed by atoms with Gasteiger partial charge in [-0.3, -0.25) is 14.9 Å². The van der Waals surface area contributed by atoms with Crippen LogP contribution in [-0.4, -0.2) is 17.4 Å². The van der Waals surface area contributed by atoms with Crippen molar-refractivity contribution in [3.05, 3.63) is 49.9 Å². The van der Waals surface area contributed by atoms with Crippen LogP contribution in [0.25, 0.3) is 0 Å². The van der Waals surface area contributed by atoms with Crippen LogP contribution in [0.15, 0.2) is 18.2 Å². The van der Waals surface area contributed by atoms with E-state index in [0.29, 0.717) is 27.8 Å². The van der Waals surface area contributed by atoms with Crippen LogP contribution < -0.4 is 10.1 Å². The van der Waals surface area contributed by atoms with Crippen LogP contribution in [-0.2, 0) is 17.6 Å². The molecule has 0 fully saturated rings. The number of ether oxygens (including phenoxy) is 1. The molecule has 0 spiro atoms. The monoisotopic (exact) mass is 385 g/mol. The molecule has 1 aliphatic rings. The number of hydrogen-bond donors (Lipinski definition) is 1. The Bertz CT molecular complexity index is 945. The summed E-state index contributed by atoms with van der Waals surface area (Å²) in [6.07, 6.45) is 2.82. The molecule has 8 heteroatoms. The lowest BCUT2D eigenvalue weighted by atomic mass is 9.89. The van der Waals surface area contributed by atoms with Gasteiger partial charge in [0.25, 0.3) is 11.6 Å². The van der Waals surface area contributed by atoms with E-state index in [9.17, 15) is 20.2 Å². The average molecular weight is 385 g/mol. The highest BCUT2D eigenvalue weighted by Crippen LogP contribution is 2.39. The Morgan fingerprint density at radius 2 is 2.30 bits per heavy atom. The molecule has 7 nitrogen and oxygen atoms in total. The molecule has 3 rings (SSSR count). The molecule has 140 valence electrons. The molecule has 1 heterocycles. The topological polar surface area (TPSA) is 105 Å². The lowest BCUT2D eigenvalue weighted by Gasteiger charge is -2.17. The zero-order chi connectivity index (χ0) is 19.6. The predicted molar refractivity (Wildman–Crippen MR) is 102 cm³/mol. The minimum Gasteiger partial charge on any atom is -0.483 e. The number of thiophene rings is 1. The number of fused-ring (bicyclic) bond motifs is 1. The van der Waals surface area contributed by atoms with Gasteiger partial charge in [0.2, 0.25) is 0 Å². The largest absolute Gasteiger partial charge is 0.483 e. The van der Waals surface area contributed by atoms with E-state index in [-0.39, 0.29) is 12.3 Å². The number of anilines is 1. The van der Waals surface area contributed by atoms with E-state index in [2.05, 4.69) is 18.3 Å². The Hall–Kier alpha value is -2.92. The summed E-state index contributed by atoms with van der Waals surface area (Å²) in [7, 11) is 0. The van der Waals surface area contributed by atoms with Crippen molar-refractivity contribution in [2.24, 2.45) is 5.92 Å². The van der Waals surface area contributed by atoms with E-state index >= 15 is 0 Å². The smallest absolute Gasteiger partial charge is 0.276 e. The highest BCUT2D eigenvalue weighted by molar-refractivity contribution is 7.16. The van der Waals surface area contributed by atoms with Crippen molar-refractivity contribution in [2.45, 2.75) is 33.1 Å². The zero-order valence-electron chi connectivity index (χ0n) is 15.1. The molecular formula is C19H19N3O4S. The van der Waals surface area contributed by atoms with Gasteiger partial charge in [-0.2, -0.15) is 5.26 Å². The number of carbonyl (C=O) groups is 1. The maximum absolute atomic E-state index is 12.3. The summed E-state index contributed by atoms with van der Waals surface area (Å²) in [5.41, 5.74) is 1.90. The van der Waals surface area contributed by atoms with Crippen molar-refractivity contribution in [3.8, 4) is 11.8 Å². The van der Waals surface area contributed by atoms with E-state index in [4.69, 9.17) is 4.74 Å². The lowest BCUT2D eigenvalue weighted by molar-refractivity contribution is -0.385. The Balaban J connectivity index is 1.70. The third-order valence-electron chi connectivity index (χ3n) is 4.69. The highest BCUT2D eigenvalue weighted by Gasteiger charge is 2.25. The normalized spacial score (nSPS) is 15.5. The van der Waals surface area contributed by atoms with Crippen LogP contribution in [0.2, 0.25) is 0 Å². The molecule has 2 aromatic rings. The third kappa shape index (κ3) is 3.93. The van der Waals surface area contributed by atoms with E-state index < -0.39 is 10.8 Å². The van der Waals surface area contributed by atoms with Crippen molar-refractivity contribution in [1.29, 1.82) is 5.26 Å². The molecule has 0 radical (unpaired) electrons. The molecule has 1 N–H and O–H groups in total. The van der Waals surface area contributed by atoms with Crippen LogP contribution in [0.3, 0.4) is 0 Å². The van der Waals surface area contributed by atoms with Crippen LogP contribution in [0, 0.1) is 34.3 Å². The molecule has 0 bridgehead atoms. The number of amides is 1. The zero-order valence-corrected chi connectivity index (χ0v) is 15.9. The number of nitro benzene ring substituents is 1. The number of rotatable bonds is 5. The number of hydrogen-bond acceptors (Lipinski definition) is 6. The SMILES string of the molecule is Cc1c(OCC(=O)Nc2sc3c(c2C#N)CCC(C)C3)cccc1[N+](=O)[O-]. The van der Waals surface area contributed by atoms with Crippen molar-refractivity contribution >= 4 is 27.9 Å². The third-order valence-corrected chi connectivity index (χ3v) is 5.86. The minimum atomic E-state index is -0.487. The van der Waals surface area contributed by atoms with Gasteiger partial charge >= 0.3 is 0 Å².